The molecule has 0 bridgehead atoms. The fourth-order valence-corrected chi connectivity index (χ4v) is 3.83. The molecule has 0 radical (unpaired) electrons. The number of anilines is 1. The van der Waals surface area contributed by atoms with Crippen molar-refractivity contribution < 1.29 is 14.3 Å². The molecule has 0 aliphatic carbocycles. The summed E-state index contributed by atoms with van der Waals surface area (Å²) in [6, 6.07) is 19.7. The van der Waals surface area contributed by atoms with Crippen molar-refractivity contribution >= 4 is 28.6 Å². The van der Waals surface area contributed by atoms with Crippen LogP contribution in [-0.4, -0.2) is 38.9 Å². The number of nitrogens with zero attached hydrogens (tertiary/aromatic N) is 2. The number of nitrogens with one attached hydrogen (secondary N) is 1. The Hall–Kier alpha value is -3.54. The van der Waals surface area contributed by atoms with E-state index in [1.807, 2.05) is 54.6 Å². The van der Waals surface area contributed by atoms with Crippen LogP contribution in [0, 0.1) is 0 Å². The Kier molecular flexibility index (Phi) is 6.67. The first-order chi connectivity index (χ1) is 15.2. The van der Waals surface area contributed by atoms with Crippen LogP contribution in [0.15, 0.2) is 65.8 Å². The van der Waals surface area contributed by atoms with E-state index in [2.05, 4.69) is 21.5 Å². The van der Waals surface area contributed by atoms with Gasteiger partial charge in [0.1, 0.15) is 11.5 Å². The smallest absolute Gasteiger partial charge is 0.277 e. The van der Waals surface area contributed by atoms with Gasteiger partial charge in [-0.1, -0.05) is 36.4 Å². The van der Waals surface area contributed by atoms with Crippen LogP contribution in [0.1, 0.15) is 24.8 Å². The molecule has 160 valence electrons. The van der Waals surface area contributed by atoms with Crippen molar-refractivity contribution in [3.63, 3.8) is 0 Å². The quantitative estimate of drug-likeness (QED) is 0.458. The number of methoxy groups -OCH3 is 1. The summed E-state index contributed by atoms with van der Waals surface area (Å²) >= 11 is 0. The van der Waals surface area contributed by atoms with Crippen LogP contribution in [0.4, 0.5) is 5.69 Å². The van der Waals surface area contributed by atoms with Gasteiger partial charge in [0.15, 0.2) is 6.61 Å². The maximum atomic E-state index is 12.2. The number of benzene rings is 3. The molecule has 0 saturated carbocycles. The highest BCUT2D eigenvalue weighted by Crippen LogP contribution is 2.27. The number of amides is 1. The van der Waals surface area contributed by atoms with Gasteiger partial charge in [-0.25, -0.2) is 5.43 Å². The number of piperidine rings is 1. The number of hydrazone groups is 1. The molecule has 1 N–H and O–H groups in total. The van der Waals surface area contributed by atoms with Crippen molar-refractivity contribution in [3.05, 3.63) is 66.2 Å². The second kappa shape index (κ2) is 9.98. The van der Waals surface area contributed by atoms with Gasteiger partial charge in [-0.2, -0.15) is 5.10 Å². The maximum Gasteiger partial charge on any atom is 0.277 e. The molecule has 1 saturated heterocycles. The Labute approximate surface area is 182 Å². The molecule has 1 aliphatic rings. The number of carbonyl (C=O) groups excluding carboxylic acids is 1. The van der Waals surface area contributed by atoms with E-state index in [0.717, 1.165) is 40.9 Å². The average molecular weight is 418 g/mol. The summed E-state index contributed by atoms with van der Waals surface area (Å²) in [6.07, 6.45) is 5.33. The number of carbonyl (C=O) groups is 1. The van der Waals surface area contributed by atoms with Crippen molar-refractivity contribution in [2.45, 2.75) is 19.3 Å². The van der Waals surface area contributed by atoms with E-state index in [1.54, 1.807) is 13.3 Å². The Morgan fingerprint density at radius 3 is 2.68 bits per heavy atom. The van der Waals surface area contributed by atoms with Crippen LogP contribution >= 0.6 is 0 Å². The molecule has 1 heterocycles. The Morgan fingerprint density at radius 2 is 1.84 bits per heavy atom. The van der Waals surface area contributed by atoms with E-state index in [4.69, 9.17) is 9.47 Å². The minimum atomic E-state index is -0.326. The monoisotopic (exact) mass is 417 g/mol. The van der Waals surface area contributed by atoms with E-state index in [9.17, 15) is 4.79 Å². The van der Waals surface area contributed by atoms with Crippen LogP contribution in [0.3, 0.4) is 0 Å². The summed E-state index contributed by atoms with van der Waals surface area (Å²) in [7, 11) is 1.64. The lowest BCUT2D eigenvalue weighted by molar-refractivity contribution is -0.123. The molecule has 1 amide bonds. The number of fused-ring (bicyclic) bond motifs is 1. The summed E-state index contributed by atoms with van der Waals surface area (Å²) in [5.41, 5.74) is 4.48. The Bertz CT molecular complexity index is 1070. The lowest BCUT2D eigenvalue weighted by Gasteiger charge is -2.29. The fourth-order valence-electron chi connectivity index (χ4n) is 3.83. The first kappa shape index (κ1) is 20.7. The van der Waals surface area contributed by atoms with E-state index >= 15 is 0 Å². The third kappa shape index (κ3) is 5.15. The number of rotatable bonds is 7. The largest absolute Gasteiger partial charge is 0.496 e. The minimum absolute atomic E-state index is 0.115. The lowest BCUT2D eigenvalue weighted by Crippen LogP contribution is -2.29. The van der Waals surface area contributed by atoms with Crippen LogP contribution in [0.25, 0.3) is 10.8 Å². The molecule has 3 aromatic rings. The Balaban J connectivity index is 1.35. The molecule has 3 aromatic carbocycles. The first-order valence-electron chi connectivity index (χ1n) is 10.6. The highest BCUT2D eigenvalue weighted by molar-refractivity contribution is 5.89. The molecule has 6 heteroatoms. The highest BCUT2D eigenvalue weighted by atomic mass is 16.5. The fraction of sp³-hybridized carbons (Fsp3) is 0.280. The number of hydrogen-bond acceptors (Lipinski definition) is 5. The summed E-state index contributed by atoms with van der Waals surface area (Å²) < 4.78 is 11.2. The predicted molar refractivity (Wildman–Crippen MR) is 124 cm³/mol. The Morgan fingerprint density at radius 1 is 1.03 bits per heavy atom. The van der Waals surface area contributed by atoms with Gasteiger partial charge < -0.3 is 14.4 Å². The van der Waals surface area contributed by atoms with Gasteiger partial charge in [-0.05, 0) is 42.8 Å². The van der Waals surface area contributed by atoms with Gasteiger partial charge in [0.25, 0.3) is 5.91 Å². The maximum absolute atomic E-state index is 12.2. The molecular formula is C25H27N3O3. The summed E-state index contributed by atoms with van der Waals surface area (Å²) in [6.45, 7) is 2.03. The third-order valence-electron chi connectivity index (χ3n) is 5.44. The van der Waals surface area contributed by atoms with E-state index in [1.165, 1.54) is 19.3 Å². The van der Waals surface area contributed by atoms with Crippen molar-refractivity contribution in [2.75, 3.05) is 31.7 Å². The molecule has 31 heavy (non-hydrogen) atoms. The van der Waals surface area contributed by atoms with Crippen LogP contribution < -0.4 is 19.8 Å². The SMILES string of the molecule is COc1cc(N2CCCCC2)ccc1/C=N/NC(=O)COc1cccc2ccccc12. The number of ether oxygens (including phenoxy) is 2. The second-order valence-corrected chi connectivity index (χ2v) is 7.53. The summed E-state index contributed by atoms with van der Waals surface area (Å²) in [5.74, 6) is 1.08. The lowest BCUT2D eigenvalue weighted by atomic mass is 10.1. The van der Waals surface area contributed by atoms with Gasteiger partial charge >= 0.3 is 0 Å². The topological polar surface area (TPSA) is 63.2 Å². The summed E-state index contributed by atoms with van der Waals surface area (Å²) in [4.78, 5) is 14.5. The average Bonchev–Trinajstić information content (AvgIpc) is 2.83. The molecule has 0 spiro atoms. The van der Waals surface area contributed by atoms with Gasteiger partial charge in [0.2, 0.25) is 0 Å². The zero-order valence-corrected chi connectivity index (χ0v) is 17.7. The second-order valence-electron chi connectivity index (χ2n) is 7.53. The highest BCUT2D eigenvalue weighted by Gasteiger charge is 2.13. The summed E-state index contributed by atoms with van der Waals surface area (Å²) in [5, 5.41) is 6.11. The minimum Gasteiger partial charge on any atom is -0.496 e. The molecule has 1 fully saturated rings. The van der Waals surface area contributed by atoms with E-state index < -0.39 is 0 Å². The first-order valence-corrected chi connectivity index (χ1v) is 10.6. The van der Waals surface area contributed by atoms with Gasteiger partial charge in [0.05, 0.1) is 13.3 Å². The van der Waals surface area contributed by atoms with E-state index in [0.29, 0.717) is 5.75 Å². The zero-order valence-electron chi connectivity index (χ0n) is 17.7. The number of hydrogen-bond donors (Lipinski definition) is 1. The van der Waals surface area contributed by atoms with Gasteiger partial charge in [-0.3, -0.25) is 4.79 Å². The van der Waals surface area contributed by atoms with Crippen molar-refractivity contribution in [1.29, 1.82) is 0 Å². The van der Waals surface area contributed by atoms with Crippen molar-refractivity contribution in [2.24, 2.45) is 5.10 Å². The molecule has 0 aromatic heterocycles. The van der Waals surface area contributed by atoms with Crippen molar-refractivity contribution in [3.8, 4) is 11.5 Å². The molecule has 1 aliphatic heterocycles. The van der Waals surface area contributed by atoms with Gasteiger partial charge in [-0.15, -0.1) is 0 Å². The molecular weight excluding hydrogens is 390 g/mol. The van der Waals surface area contributed by atoms with Crippen LogP contribution in [-0.2, 0) is 4.79 Å². The third-order valence-corrected chi connectivity index (χ3v) is 5.44. The molecule has 0 atom stereocenters. The van der Waals surface area contributed by atoms with Crippen molar-refractivity contribution in [1.82, 2.24) is 5.43 Å². The van der Waals surface area contributed by atoms with Gasteiger partial charge in [0, 0.05) is 35.8 Å². The van der Waals surface area contributed by atoms with Crippen LogP contribution in [0.2, 0.25) is 0 Å². The molecule has 6 nitrogen and oxygen atoms in total. The zero-order chi connectivity index (χ0) is 21.5. The predicted octanol–water partition coefficient (Wildman–Crippen LogP) is 4.37. The molecule has 4 rings (SSSR count). The normalized spacial score (nSPS) is 14.0. The van der Waals surface area contributed by atoms with E-state index in [-0.39, 0.29) is 12.5 Å². The van der Waals surface area contributed by atoms with Crippen LogP contribution in [0.5, 0.6) is 11.5 Å². The standard InChI is InChI=1S/C25H27N3O3/c1-30-24-16-21(28-14-5-2-6-15-28)13-12-20(24)17-26-27-25(29)18-31-23-11-7-9-19-8-3-4-10-22(19)23/h3-4,7-13,16-17H,2,5-6,14-15,18H2,1H3,(H,27,29)/b26-17+. The molecule has 0 unspecified atom stereocenters.